The Labute approximate surface area is 132 Å². The Balaban J connectivity index is 1.53. The zero-order valence-corrected chi connectivity index (χ0v) is 13.3. The van der Waals surface area contributed by atoms with Crippen LogP contribution in [0, 0.1) is 5.92 Å². The van der Waals surface area contributed by atoms with E-state index in [2.05, 4.69) is 49.7 Å². The average Bonchev–Trinajstić information content (AvgIpc) is 3.34. The molecule has 1 heterocycles. The summed E-state index contributed by atoms with van der Waals surface area (Å²) in [6.07, 6.45) is 3.92. The third-order valence-corrected chi connectivity index (χ3v) is 4.36. The van der Waals surface area contributed by atoms with Crippen LogP contribution in [0.15, 0.2) is 34.9 Å². The van der Waals surface area contributed by atoms with Gasteiger partial charge >= 0.3 is 0 Å². The molecule has 0 radical (unpaired) electrons. The fraction of sp³-hybridized carbons (Fsp3) is 0.375. The van der Waals surface area contributed by atoms with Gasteiger partial charge in [0.25, 0.3) is 0 Å². The van der Waals surface area contributed by atoms with Gasteiger partial charge in [-0.05, 0) is 30.5 Å². The first kappa shape index (κ1) is 14.5. The van der Waals surface area contributed by atoms with Crippen molar-refractivity contribution in [2.75, 3.05) is 13.1 Å². The van der Waals surface area contributed by atoms with E-state index in [0.717, 1.165) is 41.3 Å². The highest BCUT2D eigenvalue weighted by molar-refractivity contribution is 9.10. The number of nitrogens with one attached hydrogen (secondary N) is 2. The Morgan fingerprint density at radius 2 is 2.14 bits per heavy atom. The highest BCUT2D eigenvalue weighted by atomic mass is 79.9. The van der Waals surface area contributed by atoms with Crippen molar-refractivity contribution in [1.82, 2.24) is 15.6 Å². The van der Waals surface area contributed by atoms with Crippen molar-refractivity contribution in [3.8, 4) is 0 Å². The van der Waals surface area contributed by atoms with Gasteiger partial charge in [0.15, 0.2) is 0 Å². The number of halogens is 1. The van der Waals surface area contributed by atoms with Crippen molar-refractivity contribution in [3.05, 3.63) is 40.5 Å². The average molecular weight is 348 g/mol. The van der Waals surface area contributed by atoms with Crippen LogP contribution in [-0.2, 0) is 11.3 Å². The molecule has 1 amide bonds. The highest BCUT2D eigenvalue weighted by Gasteiger charge is 2.28. The number of benzene rings is 1. The van der Waals surface area contributed by atoms with E-state index in [-0.39, 0.29) is 11.8 Å². The summed E-state index contributed by atoms with van der Waals surface area (Å²) in [5.74, 6) is 0.483. The van der Waals surface area contributed by atoms with E-state index in [1.807, 2.05) is 12.3 Å². The minimum absolute atomic E-state index is 0.201. The molecule has 1 saturated carbocycles. The molecule has 1 aliphatic rings. The van der Waals surface area contributed by atoms with Crippen molar-refractivity contribution in [2.24, 2.45) is 5.92 Å². The van der Waals surface area contributed by atoms with Crippen LogP contribution in [0.3, 0.4) is 0 Å². The Hall–Kier alpha value is -1.46. The standard InChI is InChI=1S/C16H18BrN3O/c17-14-6-5-12(15-13(14)2-1-7-19-15)10-18-8-9-20-16(21)11-3-4-11/h1-2,5-7,11,18H,3-4,8-10H2,(H,20,21). The van der Waals surface area contributed by atoms with Crippen molar-refractivity contribution < 1.29 is 4.79 Å². The molecule has 0 unspecified atom stereocenters. The second kappa shape index (κ2) is 6.54. The van der Waals surface area contributed by atoms with E-state index >= 15 is 0 Å². The molecule has 0 spiro atoms. The highest BCUT2D eigenvalue weighted by Crippen LogP contribution is 2.28. The lowest BCUT2D eigenvalue weighted by atomic mass is 10.1. The van der Waals surface area contributed by atoms with Crippen LogP contribution in [0.5, 0.6) is 0 Å². The summed E-state index contributed by atoms with van der Waals surface area (Å²) >= 11 is 3.55. The molecular weight excluding hydrogens is 330 g/mol. The Morgan fingerprint density at radius 1 is 1.29 bits per heavy atom. The minimum Gasteiger partial charge on any atom is -0.355 e. The summed E-state index contributed by atoms with van der Waals surface area (Å²) in [6, 6.07) is 8.13. The Bertz CT molecular complexity index is 655. The molecule has 1 aromatic carbocycles. The first-order valence-electron chi connectivity index (χ1n) is 7.26. The van der Waals surface area contributed by atoms with Gasteiger partial charge in [-0.1, -0.05) is 28.1 Å². The zero-order chi connectivity index (χ0) is 14.7. The van der Waals surface area contributed by atoms with Crippen LogP contribution in [0.4, 0.5) is 0 Å². The van der Waals surface area contributed by atoms with E-state index in [1.165, 1.54) is 5.56 Å². The Kier molecular flexibility index (Phi) is 4.51. The van der Waals surface area contributed by atoms with Crippen molar-refractivity contribution in [3.63, 3.8) is 0 Å². The van der Waals surface area contributed by atoms with Crippen LogP contribution < -0.4 is 10.6 Å². The molecule has 3 rings (SSSR count). The third-order valence-electron chi connectivity index (χ3n) is 3.66. The fourth-order valence-corrected chi connectivity index (χ4v) is 2.78. The van der Waals surface area contributed by atoms with Gasteiger partial charge in [-0.3, -0.25) is 9.78 Å². The number of hydrogen-bond acceptors (Lipinski definition) is 3. The van der Waals surface area contributed by atoms with E-state index in [1.54, 1.807) is 0 Å². The lowest BCUT2D eigenvalue weighted by Gasteiger charge is -2.09. The number of pyridine rings is 1. The van der Waals surface area contributed by atoms with Crippen LogP contribution in [0.2, 0.25) is 0 Å². The molecule has 2 aromatic rings. The number of fused-ring (bicyclic) bond motifs is 1. The van der Waals surface area contributed by atoms with Crippen LogP contribution >= 0.6 is 15.9 Å². The van der Waals surface area contributed by atoms with Crippen LogP contribution in [-0.4, -0.2) is 24.0 Å². The van der Waals surface area contributed by atoms with Gasteiger partial charge < -0.3 is 10.6 Å². The monoisotopic (exact) mass is 347 g/mol. The summed E-state index contributed by atoms with van der Waals surface area (Å²) in [4.78, 5) is 16.0. The maximum absolute atomic E-state index is 11.5. The second-order valence-electron chi connectivity index (χ2n) is 5.35. The number of aromatic nitrogens is 1. The molecule has 21 heavy (non-hydrogen) atoms. The molecule has 0 aliphatic heterocycles. The Morgan fingerprint density at radius 3 is 2.95 bits per heavy atom. The largest absolute Gasteiger partial charge is 0.355 e. The lowest BCUT2D eigenvalue weighted by Crippen LogP contribution is -2.32. The lowest BCUT2D eigenvalue weighted by molar-refractivity contribution is -0.122. The van der Waals surface area contributed by atoms with Gasteiger partial charge in [-0.15, -0.1) is 0 Å². The number of carbonyl (C=O) groups excluding carboxylic acids is 1. The zero-order valence-electron chi connectivity index (χ0n) is 11.7. The normalized spacial score (nSPS) is 14.3. The van der Waals surface area contributed by atoms with Crippen molar-refractivity contribution in [1.29, 1.82) is 0 Å². The molecule has 1 aromatic heterocycles. The summed E-state index contributed by atoms with van der Waals surface area (Å²) in [7, 11) is 0. The van der Waals surface area contributed by atoms with Gasteiger partial charge in [0.2, 0.25) is 5.91 Å². The fourth-order valence-electron chi connectivity index (χ4n) is 2.33. The quantitative estimate of drug-likeness (QED) is 0.789. The minimum atomic E-state index is 0.201. The van der Waals surface area contributed by atoms with Crippen molar-refractivity contribution >= 4 is 32.7 Å². The molecule has 4 nitrogen and oxygen atoms in total. The van der Waals surface area contributed by atoms with E-state index in [0.29, 0.717) is 6.54 Å². The van der Waals surface area contributed by atoms with Crippen LogP contribution in [0.1, 0.15) is 18.4 Å². The molecule has 1 fully saturated rings. The molecule has 0 saturated heterocycles. The van der Waals surface area contributed by atoms with Crippen molar-refractivity contribution in [2.45, 2.75) is 19.4 Å². The van der Waals surface area contributed by atoms with Gasteiger partial charge in [0, 0.05) is 41.6 Å². The van der Waals surface area contributed by atoms with Gasteiger partial charge in [0.05, 0.1) is 5.52 Å². The summed E-state index contributed by atoms with van der Waals surface area (Å²) in [5.41, 5.74) is 2.18. The third kappa shape index (κ3) is 3.60. The predicted molar refractivity (Wildman–Crippen MR) is 86.9 cm³/mol. The molecule has 110 valence electrons. The summed E-state index contributed by atoms with van der Waals surface area (Å²) < 4.78 is 1.06. The molecule has 1 aliphatic carbocycles. The maximum Gasteiger partial charge on any atom is 0.223 e. The molecule has 0 atom stereocenters. The number of amides is 1. The maximum atomic E-state index is 11.5. The second-order valence-corrected chi connectivity index (χ2v) is 6.20. The number of carbonyl (C=O) groups is 1. The summed E-state index contributed by atoms with van der Waals surface area (Å²) in [5, 5.41) is 7.43. The molecule has 0 bridgehead atoms. The predicted octanol–water partition coefficient (Wildman–Crippen LogP) is 2.61. The summed E-state index contributed by atoms with van der Waals surface area (Å²) in [6.45, 7) is 2.19. The van der Waals surface area contributed by atoms with Gasteiger partial charge in [-0.2, -0.15) is 0 Å². The van der Waals surface area contributed by atoms with E-state index < -0.39 is 0 Å². The molecule has 2 N–H and O–H groups in total. The molecular formula is C16H18BrN3O. The van der Waals surface area contributed by atoms with Crippen LogP contribution in [0.25, 0.3) is 10.9 Å². The van der Waals surface area contributed by atoms with Gasteiger partial charge in [-0.25, -0.2) is 0 Å². The first-order chi connectivity index (χ1) is 10.3. The number of nitrogens with zero attached hydrogens (tertiary/aromatic N) is 1. The van der Waals surface area contributed by atoms with E-state index in [4.69, 9.17) is 0 Å². The van der Waals surface area contributed by atoms with Gasteiger partial charge in [0.1, 0.15) is 0 Å². The smallest absolute Gasteiger partial charge is 0.223 e. The SMILES string of the molecule is O=C(NCCNCc1ccc(Br)c2cccnc12)C1CC1. The first-order valence-corrected chi connectivity index (χ1v) is 8.05. The molecule has 5 heteroatoms. The van der Waals surface area contributed by atoms with E-state index in [9.17, 15) is 4.79 Å². The number of hydrogen-bond donors (Lipinski definition) is 2. The number of rotatable bonds is 6. The topological polar surface area (TPSA) is 54.0 Å².